The summed E-state index contributed by atoms with van der Waals surface area (Å²) in [6.07, 6.45) is 3.22. The van der Waals surface area contributed by atoms with Crippen molar-refractivity contribution >= 4 is 27.5 Å². The van der Waals surface area contributed by atoms with Crippen LogP contribution in [0.3, 0.4) is 0 Å². The molecule has 2 fully saturated rings. The number of hydrogen-bond acceptors (Lipinski definition) is 3. The van der Waals surface area contributed by atoms with Crippen LogP contribution < -0.4 is 0 Å². The van der Waals surface area contributed by atoms with Gasteiger partial charge in [0.15, 0.2) is 0 Å². The van der Waals surface area contributed by atoms with Gasteiger partial charge in [0, 0.05) is 24.9 Å². The van der Waals surface area contributed by atoms with Crippen molar-refractivity contribution in [3.05, 3.63) is 29.3 Å². The van der Waals surface area contributed by atoms with Crippen LogP contribution in [-0.4, -0.2) is 28.9 Å². The number of para-hydroxylation sites is 1. The van der Waals surface area contributed by atoms with E-state index in [9.17, 15) is 4.79 Å². The number of carbonyl (C=O) groups excluding carboxylic acids is 1. The summed E-state index contributed by atoms with van der Waals surface area (Å²) < 4.78 is 1.28. The first-order valence-electron chi connectivity index (χ1n) is 7.86. The summed E-state index contributed by atoms with van der Waals surface area (Å²) in [6, 6.07) is 8.35. The summed E-state index contributed by atoms with van der Waals surface area (Å²) >= 11 is 1.82. The van der Waals surface area contributed by atoms with Crippen molar-refractivity contribution in [1.29, 1.82) is 0 Å². The molecule has 1 aromatic heterocycles. The van der Waals surface area contributed by atoms with E-state index in [-0.39, 0.29) is 0 Å². The number of nitrogens with zero attached hydrogens (tertiary/aromatic N) is 2. The number of piperidine rings is 1. The number of fused-ring (bicyclic) bond motifs is 1. The molecule has 0 radical (unpaired) electrons. The summed E-state index contributed by atoms with van der Waals surface area (Å²) in [7, 11) is 0. The molecule has 0 bridgehead atoms. The third kappa shape index (κ3) is 2.46. The van der Waals surface area contributed by atoms with E-state index in [1.54, 1.807) is 0 Å². The fraction of sp³-hybridized carbons (Fsp3) is 0.529. The molecule has 4 rings (SSSR count). The minimum absolute atomic E-state index is 0.323. The van der Waals surface area contributed by atoms with Gasteiger partial charge in [-0.1, -0.05) is 19.1 Å². The molecule has 0 N–H and O–H groups in total. The minimum Gasteiger partial charge on any atom is -0.342 e. The van der Waals surface area contributed by atoms with E-state index in [0.29, 0.717) is 23.7 Å². The SMILES string of the molecule is C[C@H]1C[C@@H]1C(=O)N1CCC(c2nc3ccccc3s2)CC1. The summed E-state index contributed by atoms with van der Waals surface area (Å²) in [4.78, 5) is 19.1. The molecule has 1 amide bonds. The molecule has 110 valence electrons. The van der Waals surface area contributed by atoms with E-state index in [4.69, 9.17) is 4.98 Å². The number of hydrogen-bond donors (Lipinski definition) is 0. The van der Waals surface area contributed by atoms with Crippen molar-refractivity contribution in [2.45, 2.75) is 32.1 Å². The van der Waals surface area contributed by atoms with Crippen LogP contribution in [0.5, 0.6) is 0 Å². The Hall–Kier alpha value is -1.42. The van der Waals surface area contributed by atoms with Gasteiger partial charge in [-0.25, -0.2) is 4.98 Å². The highest BCUT2D eigenvalue weighted by molar-refractivity contribution is 7.18. The largest absolute Gasteiger partial charge is 0.342 e. The van der Waals surface area contributed by atoms with Gasteiger partial charge >= 0.3 is 0 Å². The number of rotatable bonds is 2. The molecule has 2 aliphatic rings. The van der Waals surface area contributed by atoms with Crippen LogP contribution in [0.4, 0.5) is 0 Å². The van der Waals surface area contributed by atoms with Gasteiger partial charge in [0.1, 0.15) is 0 Å². The number of benzene rings is 1. The molecule has 1 saturated heterocycles. The van der Waals surface area contributed by atoms with Crippen molar-refractivity contribution in [3.8, 4) is 0 Å². The van der Waals surface area contributed by atoms with E-state index in [1.807, 2.05) is 17.4 Å². The van der Waals surface area contributed by atoms with E-state index < -0.39 is 0 Å². The van der Waals surface area contributed by atoms with Crippen LogP contribution in [0.2, 0.25) is 0 Å². The Kier molecular flexibility index (Phi) is 3.21. The fourth-order valence-electron chi connectivity index (χ4n) is 3.31. The number of carbonyl (C=O) groups is 1. The summed E-state index contributed by atoms with van der Waals surface area (Å²) in [5, 5.41) is 1.25. The fourth-order valence-corrected chi connectivity index (χ4v) is 4.45. The van der Waals surface area contributed by atoms with Crippen LogP contribution in [0, 0.1) is 11.8 Å². The standard InChI is InChI=1S/C17H20N2OS/c1-11-10-13(11)17(20)19-8-6-12(7-9-19)16-18-14-4-2-3-5-15(14)21-16/h2-5,11-13H,6-10H2,1H3/t11-,13-/m0/s1. The smallest absolute Gasteiger partial charge is 0.225 e. The zero-order valence-corrected chi connectivity index (χ0v) is 13.1. The number of amides is 1. The topological polar surface area (TPSA) is 33.2 Å². The molecule has 2 atom stereocenters. The molecular formula is C17H20N2OS. The van der Waals surface area contributed by atoms with Crippen LogP contribution in [0.25, 0.3) is 10.2 Å². The third-order valence-electron chi connectivity index (χ3n) is 4.89. The monoisotopic (exact) mass is 300 g/mol. The lowest BCUT2D eigenvalue weighted by molar-refractivity contribution is -0.133. The molecule has 21 heavy (non-hydrogen) atoms. The van der Waals surface area contributed by atoms with Crippen molar-refractivity contribution in [2.24, 2.45) is 11.8 Å². The molecule has 1 aliphatic heterocycles. The molecule has 2 aromatic rings. The van der Waals surface area contributed by atoms with Gasteiger partial charge in [-0.3, -0.25) is 4.79 Å². The zero-order valence-electron chi connectivity index (χ0n) is 12.3. The molecule has 0 unspecified atom stereocenters. The second-order valence-corrected chi connectivity index (χ2v) is 7.50. The van der Waals surface area contributed by atoms with Crippen molar-refractivity contribution in [3.63, 3.8) is 0 Å². The maximum atomic E-state index is 12.3. The van der Waals surface area contributed by atoms with Crippen molar-refractivity contribution < 1.29 is 4.79 Å². The Balaban J connectivity index is 1.43. The van der Waals surface area contributed by atoms with Gasteiger partial charge in [0.25, 0.3) is 0 Å². The van der Waals surface area contributed by atoms with E-state index in [2.05, 4.69) is 30.0 Å². The molecule has 0 spiro atoms. The molecule has 2 heterocycles. The Morgan fingerprint density at radius 3 is 2.67 bits per heavy atom. The Labute approximate surface area is 129 Å². The second kappa shape index (κ2) is 5.09. The number of thiazole rings is 1. The average molecular weight is 300 g/mol. The number of likely N-dealkylation sites (tertiary alicyclic amines) is 1. The lowest BCUT2D eigenvalue weighted by Crippen LogP contribution is -2.39. The molecule has 1 aliphatic carbocycles. The average Bonchev–Trinajstić information content (AvgIpc) is 3.09. The summed E-state index contributed by atoms with van der Waals surface area (Å²) in [5.74, 6) is 1.86. The highest BCUT2D eigenvalue weighted by Gasteiger charge is 2.42. The number of aromatic nitrogens is 1. The van der Waals surface area contributed by atoms with Crippen LogP contribution in [0.1, 0.15) is 37.1 Å². The predicted molar refractivity (Wildman–Crippen MR) is 85.4 cm³/mol. The molecule has 1 aromatic carbocycles. The zero-order chi connectivity index (χ0) is 14.4. The lowest BCUT2D eigenvalue weighted by Gasteiger charge is -2.31. The molecule has 1 saturated carbocycles. The normalized spacial score (nSPS) is 26.2. The lowest BCUT2D eigenvalue weighted by atomic mass is 9.97. The van der Waals surface area contributed by atoms with Crippen LogP contribution in [-0.2, 0) is 4.79 Å². The van der Waals surface area contributed by atoms with E-state index >= 15 is 0 Å². The Morgan fingerprint density at radius 2 is 2.00 bits per heavy atom. The predicted octanol–water partition coefficient (Wildman–Crippen LogP) is 3.66. The minimum atomic E-state index is 0.323. The van der Waals surface area contributed by atoms with Gasteiger partial charge in [-0.05, 0) is 37.3 Å². The third-order valence-corrected chi connectivity index (χ3v) is 6.09. The summed E-state index contributed by atoms with van der Waals surface area (Å²) in [5.41, 5.74) is 1.11. The quantitative estimate of drug-likeness (QED) is 0.848. The van der Waals surface area contributed by atoms with Crippen LogP contribution >= 0.6 is 11.3 Å². The second-order valence-electron chi connectivity index (χ2n) is 6.44. The van der Waals surface area contributed by atoms with Gasteiger partial charge in [-0.15, -0.1) is 11.3 Å². The van der Waals surface area contributed by atoms with Crippen molar-refractivity contribution in [1.82, 2.24) is 9.88 Å². The first kappa shape index (κ1) is 13.3. The van der Waals surface area contributed by atoms with E-state index in [0.717, 1.165) is 37.9 Å². The molecular weight excluding hydrogens is 280 g/mol. The first-order chi connectivity index (χ1) is 10.2. The summed E-state index contributed by atoms with van der Waals surface area (Å²) in [6.45, 7) is 3.99. The molecule has 3 nitrogen and oxygen atoms in total. The molecule has 4 heteroatoms. The van der Waals surface area contributed by atoms with Gasteiger partial charge in [0.2, 0.25) is 5.91 Å². The van der Waals surface area contributed by atoms with Gasteiger partial charge in [0.05, 0.1) is 15.2 Å². The maximum absolute atomic E-state index is 12.3. The maximum Gasteiger partial charge on any atom is 0.225 e. The highest BCUT2D eigenvalue weighted by Crippen LogP contribution is 2.41. The first-order valence-corrected chi connectivity index (χ1v) is 8.68. The highest BCUT2D eigenvalue weighted by atomic mass is 32.1. The van der Waals surface area contributed by atoms with Crippen LogP contribution in [0.15, 0.2) is 24.3 Å². The Morgan fingerprint density at radius 1 is 1.29 bits per heavy atom. The van der Waals surface area contributed by atoms with Gasteiger partial charge in [-0.2, -0.15) is 0 Å². The van der Waals surface area contributed by atoms with E-state index in [1.165, 1.54) is 9.71 Å². The van der Waals surface area contributed by atoms with Crippen molar-refractivity contribution in [2.75, 3.05) is 13.1 Å². The van der Waals surface area contributed by atoms with Gasteiger partial charge < -0.3 is 4.90 Å². The Bertz CT molecular complexity index is 639.